The van der Waals surface area contributed by atoms with Crippen LogP contribution in [0.4, 0.5) is 0 Å². The molecule has 3 nitrogen and oxygen atoms in total. The Morgan fingerprint density at radius 2 is 1.32 bits per heavy atom. The van der Waals surface area contributed by atoms with Crippen LogP contribution in [0.5, 0.6) is 5.75 Å². The van der Waals surface area contributed by atoms with E-state index < -0.39 is 6.10 Å². The van der Waals surface area contributed by atoms with Gasteiger partial charge in [0, 0.05) is 0 Å². The first kappa shape index (κ1) is 27.7. The summed E-state index contributed by atoms with van der Waals surface area (Å²) in [4.78, 5) is 12.7. The molecule has 0 fully saturated rings. The summed E-state index contributed by atoms with van der Waals surface area (Å²) in [5, 5.41) is 10.6. The third kappa shape index (κ3) is 13.6. The van der Waals surface area contributed by atoms with Crippen LogP contribution in [0.1, 0.15) is 118 Å². The highest BCUT2D eigenvalue weighted by atomic mass is 16.5. The van der Waals surface area contributed by atoms with Crippen molar-refractivity contribution in [3.8, 4) is 5.75 Å². The van der Waals surface area contributed by atoms with Crippen molar-refractivity contribution < 1.29 is 14.6 Å². The Morgan fingerprint density at radius 1 is 0.839 bits per heavy atom. The predicted molar refractivity (Wildman–Crippen MR) is 131 cm³/mol. The van der Waals surface area contributed by atoms with E-state index in [1.54, 1.807) is 12.1 Å². The molecule has 0 bridgehead atoms. The molecule has 0 amide bonds. The minimum absolute atomic E-state index is 0.243. The fourth-order valence-corrected chi connectivity index (χ4v) is 4.09. The molecule has 1 N–H and O–H groups in total. The minimum Gasteiger partial charge on any atom is -0.426 e. The lowest BCUT2D eigenvalue weighted by atomic mass is 9.77. The van der Waals surface area contributed by atoms with Crippen LogP contribution in [-0.2, 0) is 4.79 Å². The summed E-state index contributed by atoms with van der Waals surface area (Å²) in [6, 6.07) is 9.20. The average Bonchev–Trinajstić information content (AvgIpc) is 2.72. The molecular formula is C28H48O3. The number of esters is 1. The fraction of sp³-hybridized carbons (Fsp3) is 0.750. The van der Waals surface area contributed by atoms with Gasteiger partial charge in [-0.3, -0.25) is 4.79 Å². The van der Waals surface area contributed by atoms with Gasteiger partial charge in [0.25, 0.3) is 0 Å². The highest BCUT2D eigenvalue weighted by Gasteiger charge is 2.34. The normalized spacial score (nSPS) is 13.7. The van der Waals surface area contributed by atoms with Crippen LogP contribution in [-0.4, -0.2) is 17.2 Å². The predicted octanol–water partition coefficient (Wildman–Crippen LogP) is 8.10. The number of aliphatic hydroxyl groups excluding tert-OH is 1. The molecule has 0 saturated heterocycles. The molecule has 0 aliphatic carbocycles. The Labute approximate surface area is 192 Å². The quantitative estimate of drug-likeness (QED) is 0.154. The van der Waals surface area contributed by atoms with Gasteiger partial charge >= 0.3 is 5.97 Å². The van der Waals surface area contributed by atoms with E-state index in [0.717, 1.165) is 12.8 Å². The molecule has 0 saturated carbocycles. The fourth-order valence-electron chi connectivity index (χ4n) is 4.09. The minimum atomic E-state index is -0.448. The largest absolute Gasteiger partial charge is 0.426 e. The molecule has 1 rings (SSSR count). The maximum Gasteiger partial charge on any atom is 0.314 e. The van der Waals surface area contributed by atoms with E-state index in [2.05, 4.69) is 6.92 Å². The lowest BCUT2D eigenvalue weighted by Gasteiger charge is -2.30. The van der Waals surface area contributed by atoms with Crippen LogP contribution >= 0.6 is 0 Å². The van der Waals surface area contributed by atoms with Gasteiger partial charge in [0.2, 0.25) is 0 Å². The van der Waals surface area contributed by atoms with Crippen molar-refractivity contribution in [3.05, 3.63) is 30.3 Å². The topological polar surface area (TPSA) is 46.5 Å². The van der Waals surface area contributed by atoms with Gasteiger partial charge in [-0.1, -0.05) is 123 Å². The standard InChI is InChI=1S/C28H48O3/c1-5-6-7-8-9-10-11-12-13-14-15-17-20-24(29)23-26(28(2,3)4)27(30)31-25-21-18-16-19-22-25/h16,18-19,21-22,24,26,29H,5-15,17,20,23H2,1-4H3. The number of aliphatic hydroxyl groups is 1. The smallest absolute Gasteiger partial charge is 0.314 e. The van der Waals surface area contributed by atoms with Gasteiger partial charge in [0.15, 0.2) is 0 Å². The third-order valence-corrected chi connectivity index (χ3v) is 6.19. The van der Waals surface area contributed by atoms with Gasteiger partial charge in [-0.25, -0.2) is 0 Å². The molecule has 178 valence electrons. The van der Waals surface area contributed by atoms with Crippen LogP contribution in [0.15, 0.2) is 30.3 Å². The summed E-state index contributed by atoms with van der Waals surface area (Å²) >= 11 is 0. The van der Waals surface area contributed by atoms with Gasteiger partial charge < -0.3 is 9.84 Å². The first-order valence-electron chi connectivity index (χ1n) is 12.8. The van der Waals surface area contributed by atoms with Crippen molar-refractivity contribution in [2.45, 2.75) is 124 Å². The van der Waals surface area contributed by atoms with Crippen molar-refractivity contribution >= 4 is 5.97 Å². The number of carbonyl (C=O) groups is 1. The number of hydrogen-bond donors (Lipinski definition) is 1. The molecule has 0 heterocycles. The molecule has 0 spiro atoms. The molecule has 3 heteroatoms. The maximum atomic E-state index is 12.7. The van der Waals surface area contributed by atoms with E-state index in [1.165, 1.54) is 70.6 Å². The summed E-state index contributed by atoms with van der Waals surface area (Å²) < 4.78 is 5.57. The van der Waals surface area contributed by atoms with E-state index in [0.29, 0.717) is 12.2 Å². The molecule has 1 aromatic rings. The molecule has 0 aliphatic rings. The van der Waals surface area contributed by atoms with E-state index in [-0.39, 0.29) is 17.3 Å². The van der Waals surface area contributed by atoms with E-state index in [4.69, 9.17) is 4.74 Å². The number of rotatable bonds is 17. The Bertz CT molecular complexity index is 561. The van der Waals surface area contributed by atoms with Crippen molar-refractivity contribution in [2.24, 2.45) is 11.3 Å². The van der Waals surface area contributed by atoms with Crippen LogP contribution in [0.3, 0.4) is 0 Å². The zero-order valence-corrected chi connectivity index (χ0v) is 20.7. The van der Waals surface area contributed by atoms with Gasteiger partial charge in [-0.15, -0.1) is 0 Å². The average molecular weight is 433 g/mol. The Kier molecular flexibility index (Phi) is 14.6. The SMILES string of the molecule is CCCCCCCCCCCCCCC(O)CC(C(=O)Oc1ccccc1)C(C)(C)C. The molecule has 1 aromatic carbocycles. The van der Waals surface area contributed by atoms with E-state index in [9.17, 15) is 9.90 Å². The molecule has 2 unspecified atom stereocenters. The van der Waals surface area contributed by atoms with Crippen LogP contribution in [0.2, 0.25) is 0 Å². The van der Waals surface area contributed by atoms with Crippen molar-refractivity contribution in [1.82, 2.24) is 0 Å². The molecule has 2 atom stereocenters. The van der Waals surface area contributed by atoms with Crippen LogP contribution in [0.25, 0.3) is 0 Å². The van der Waals surface area contributed by atoms with Gasteiger partial charge in [0.1, 0.15) is 5.75 Å². The molecule has 0 radical (unpaired) electrons. The number of hydrogen-bond acceptors (Lipinski definition) is 3. The van der Waals surface area contributed by atoms with E-state index >= 15 is 0 Å². The second kappa shape index (κ2) is 16.3. The van der Waals surface area contributed by atoms with Crippen molar-refractivity contribution in [1.29, 1.82) is 0 Å². The summed E-state index contributed by atoms with van der Waals surface area (Å²) in [5.74, 6) is 0.00433. The second-order valence-corrected chi connectivity index (χ2v) is 10.2. The first-order chi connectivity index (χ1) is 14.8. The zero-order chi connectivity index (χ0) is 23.0. The Hall–Kier alpha value is -1.35. The number of carbonyl (C=O) groups excluding carboxylic acids is 1. The van der Waals surface area contributed by atoms with Crippen LogP contribution in [0, 0.1) is 11.3 Å². The summed E-state index contributed by atoms with van der Waals surface area (Å²) in [6.45, 7) is 8.39. The number of ether oxygens (including phenoxy) is 1. The van der Waals surface area contributed by atoms with E-state index in [1.807, 2.05) is 39.0 Å². The van der Waals surface area contributed by atoms with Gasteiger partial charge in [-0.05, 0) is 30.4 Å². The summed E-state index contributed by atoms with van der Waals surface area (Å²) in [5.41, 5.74) is -0.247. The first-order valence-corrected chi connectivity index (χ1v) is 12.8. The zero-order valence-electron chi connectivity index (χ0n) is 20.7. The lowest BCUT2D eigenvalue weighted by Crippen LogP contribution is -2.35. The number of unbranched alkanes of at least 4 members (excludes halogenated alkanes) is 11. The van der Waals surface area contributed by atoms with Crippen molar-refractivity contribution in [2.75, 3.05) is 0 Å². The number of para-hydroxylation sites is 1. The Balaban J connectivity index is 2.19. The summed E-state index contributed by atoms with van der Waals surface area (Å²) in [7, 11) is 0. The lowest BCUT2D eigenvalue weighted by molar-refractivity contribution is -0.144. The molecule has 31 heavy (non-hydrogen) atoms. The maximum absolute atomic E-state index is 12.7. The monoisotopic (exact) mass is 432 g/mol. The van der Waals surface area contributed by atoms with Gasteiger partial charge in [-0.2, -0.15) is 0 Å². The highest BCUT2D eigenvalue weighted by molar-refractivity contribution is 5.76. The summed E-state index contributed by atoms with van der Waals surface area (Å²) in [6.07, 6.45) is 16.5. The van der Waals surface area contributed by atoms with Crippen molar-refractivity contribution in [3.63, 3.8) is 0 Å². The second-order valence-electron chi connectivity index (χ2n) is 10.2. The number of benzene rings is 1. The molecule has 0 aromatic heterocycles. The highest BCUT2D eigenvalue weighted by Crippen LogP contribution is 2.32. The third-order valence-electron chi connectivity index (χ3n) is 6.19. The van der Waals surface area contributed by atoms with Crippen LogP contribution < -0.4 is 4.74 Å². The molecular weight excluding hydrogens is 384 g/mol. The Morgan fingerprint density at radius 3 is 1.81 bits per heavy atom. The molecule has 0 aliphatic heterocycles. The van der Waals surface area contributed by atoms with Gasteiger partial charge in [0.05, 0.1) is 12.0 Å².